The molecule has 1 aliphatic heterocycles. The minimum Gasteiger partial charge on any atom is -0.480 e. The van der Waals surface area contributed by atoms with Gasteiger partial charge in [0.25, 0.3) is 0 Å². The van der Waals surface area contributed by atoms with Gasteiger partial charge in [0.1, 0.15) is 6.04 Å². The van der Waals surface area contributed by atoms with Crippen LogP contribution in [0.2, 0.25) is 0 Å². The van der Waals surface area contributed by atoms with Crippen molar-refractivity contribution in [3.05, 3.63) is 35.4 Å². The third-order valence-corrected chi connectivity index (χ3v) is 3.86. The molecule has 2 rings (SSSR count). The van der Waals surface area contributed by atoms with Crippen LogP contribution in [0.1, 0.15) is 30.4 Å². The van der Waals surface area contributed by atoms with Crippen molar-refractivity contribution in [1.29, 1.82) is 0 Å². The molecule has 0 aliphatic carbocycles. The summed E-state index contributed by atoms with van der Waals surface area (Å²) in [6.45, 7) is 3.02. The number of aryl methyl sites for hydroxylation is 1. The normalized spacial score (nSPS) is 18.4. The van der Waals surface area contributed by atoms with Crippen LogP contribution in [-0.2, 0) is 11.3 Å². The third-order valence-electron chi connectivity index (χ3n) is 3.86. The number of carboxylic acid groups (broad SMARTS) is 1. The minimum absolute atomic E-state index is 0.205. The van der Waals surface area contributed by atoms with Gasteiger partial charge in [-0.15, -0.1) is 0 Å². The molecule has 0 bridgehead atoms. The van der Waals surface area contributed by atoms with Gasteiger partial charge in [-0.3, -0.25) is 0 Å². The lowest BCUT2D eigenvalue weighted by molar-refractivity contribution is -0.143. The predicted molar refractivity (Wildman–Crippen MR) is 80.0 cm³/mol. The van der Waals surface area contributed by atoms with Crippen LogP contribution in [-0.4, -0.2) is 46.5 Å². The van der Waals surface area contributed by atoms with E-state index in [-0.39, 0.29) is 6.03 Å². The van der Waals surface area contributed by atoms with Crippen LogP contribution in [0, 0.1) is 6.92 Å². The van der Waals surface area contributed by atoms with E-state index in [0.29, 0.717) is 19.5 Å². The maximum absolute atomic E-state index is 12.5. The first kappa shape index (κ1) is 15.4. The van der Waals surface area contributed by atoms with E-state index >= 15 is 0 Å². The molecule has 5 nitrogen and oxygen atoms in total. The molecule has 21 heavy (non-hydrogen) atoms. The molecule has 114 valence electrons. The Labute approximate surface area is 125 Å². The van der Waals surface area contributed by atoms with Gasteiger partial charge in [0.05, 0.1) is 0 Å². The van der Waals surface area contributed by atoms with Crippen molar-refractivity contribution in [3.63, 3.8) is 0 Å². The molecule has 1 heterocycles. The third kappa shape index (κ3) is 3.74. The van der Waals surface area contributed by atoms with Gasteiger partial charge in [-0.1, -0.05) is 29.8 Å². The number of urea groups is 1. The first-order chi connectivity index (χ1) is 9.99. The molecule has 0 aromatic heterocycles. The van der Waals surface area contributed by atoms with Gasteiger partial charge in [0, 0.05) is 20.1 Å². The van der Waals surface area contributed by atoms with Gasteiger partial charge in [0.15, 0.2) is 0 Å². The molecule has 2 amide bonds. The smallest absolute Gasteiger partial charge is 0.326 e. The van der Waals surface area contributed by atoms with Crippen molar-refractivity contribution >= 4 is 12.0 Å². The lowest BCUT2D eigenvalue weighted by Crippen LogP contribution is -2.52. The second-order valence-corrected chi connectivity index (χ2v) is 5.67. The number of nitrogens with zero attached hydrogens (tertiary/aromatic N) is 2. The lowest BCUT2D eigenvalue weighted by Gasteiger charge is -2.35. The molecule has 5 heteroatoms. The number of piperidine rings is 1. The molecule has 1 saturated heterocycles. The number of rotatable bonds is 3. The zero-order valence-electron chi connectivity index (χ0n) is 12.6. The Hall–Kier alpha value is -2.04. The Bertz CT molecular complexity index is 530. The van der Waals surface area contributed by atoms with Gasteiger partial charge in [0.2, 0.25) is 0 Å². The Morgan fingerprint density at radius 2 is 2.14 bits per heavy atom. The van der Waals surface area contributed by atoms with E-state index in [1.807, 2.05) is 31.2 Å². The second-order valence-electron chi connectivity index (χ2n) is 5.67. The quantitative estimate of drug-likeness (QED) is 0.930. The summed E-state index contributed by atoms with van der Waals surface area (Å²) >= 11 is 0. The Morgan fingerprint density at radius 3 is 2.81 bits per heavy atom. The summed E-state index contributed by atoms with van der Waals surface area (Å²) in [6, 6.07) is 7.09. The van der Waals surface area contributed by atoms with Gasteiger partial charge >= 0.3 is 12.0 Å². The van der Waals surface area contributed by atoms with Gasteiger partial charge in [-0.2, -0.15) is 0 Å². The summed E-state index contributed by atoms with van der Waals surface area (Å²) in [4.78, 5) is 26.9. The summed E-state index contributed by atoms with van der Waals surface area (Å²) in [5.74, 6) is -0.910. The number of hydrogen-bond donors (Lipinski definition) is 1. The van der Waals surface area contributed by atoms with E-state index < -0.39 is 12.0 Å². The van der Waals surface area contributed by atoms with Gasteiger partial charge in [-0.25, -0.2) is 9.59 Å². The van der Waals surface area contributed by atoms with E-state index in [9.17, 15) is 14.7 Å². The zero-order valence-corrected chi connectivity index (χ0v) is 12.6. The molecule has 1 N–H and O–H groups in total. The Balaban J connectivity index is 2.05. The molecule has 1 unspecified atom stereocenters. The summed E-state index contributed by atoms with van der Waals surface area (Å²) in [7, 11) is 1.72. The molecule has 0 radical (unpaired) electrons. The summed E-state index contributed by atoms with van der Waals surface area (Å²) in [5, 5.41) is 9.25. The van der Waals surface area contributed by atoms with Gasteiger partial charge < -0.3 is 14.9 Å². The van der Waals surface area contributed by atoms with Crippen LogP contribution >= 0.6 is 0 Å². The average Bonchev–Trinajstić information content (AvgIpc) is 2.46. The SMILES string of the molecule is Cc1cccc(CN(C)C(=O)N2CCCCC2C(=O)O)c1. The Morgan fingerprint density at radius 1 is 1.38 bits per heavy atom. The van der Waals surface area contributed by atoms with Crippen molar-refractivity contribution in [1.82, 2.24) is 9.80 Å². The highest BCUT2D eigenvalue weighted by Gasteiger charge is 2.33. The van der Waals surface area contributed by atoms with Crippen LogP contribution in [0.15, 0.2) is 24.3 Å². The predicted octanol–water partition coefficient (Wildman–Crippen LogP) is 2.49. The van der Waals surface area contributed by atoms with Crippen molar-refractivity contribution < 1.29 is 14.7 Å². The summed E-state index contributed by atoms with van der Waals surface area (Å²) in [5.41, 5.74) is 2.20. The topological polar surface area (TPSA) is 60.9 Å². The van der Waals surface area contributed by atoms with E-state index in [0.717, 1.165) is 24.0 Å². The highest BCUT2D eigenvalue weighted by molar-refractivity contribution is 5.82. The fourth-order valence-corrected chi connectivity index (χ4v) is 2.79. The lowest BCUT2D eigenvalue weighted by atomic mass is 10.0. The fourth-order valence-electron chi connectivity index (χ4n) is 2.79. The van der Waals surface area contributed by atoms with Crippen LogP contribution < -0.4 is 0 Å². The summed E-state index contributed by atoms with van der Waals surface area (Å²) in [6.07, 6.45) is 2.27. The van der Waals surface area contributed by atoms with E-state index in [2.05, 4.69) is 0 Å². The molecule has 0 saturated carbocycles. The first-order valence-electron chi connectivity index (χ1n) is 7.29. The van der Waals surface area contributed by atoms with Crippen LogP contribution in [0.5, 0.6) is 0 Å². The van der Waals surface area contributed by atoms with Crippen molar-refractivity contribution in [3.8, 4) is 0 Å². The molecular formula is C16H22N2O3. The molecule has 1 aromatic carbocycles. The highest BCUT2D eigenvalue weighted by Crippen LogP contribution is 2.19. The average molecular weight is 290 g/mol. The number of carbonyl (C=O) groups excluding carboxylic acids is 1. The van der Waals surface area contributed by atoms with Crippen molar-refractivity contribution in [2.24, 2.45) is 0 Å². The largest absolute Gasteiger partial charge is 0.480 e. The highest BCUT2D eigenvalue weighted by atomic mass is 16.4. The van der Waals surface area contributed by atoms with E-state index in [1.54, 1.807) is 11.9 Å². The monoisotopic (exact) mass is 290 g/mol. The number of aliphatic carboxylic acids is 1. The van der Waals surface area contributed by atoms with Gasteiger partial charge in [-0.05, 0) is 31.7 Å². The molecule has 1 aromatic rings. The molecule has 0 spiro atoms. The number of carbonyl (C=O) groups is 2. The molecule has 1 atom stereocenters. The van der Waals surface area contributed by atoms with E-state index in [4.69, 9.17) is 0 Å². The van der Waals surface area contributed by atoms with Crippen molar-refractivity contribution in [2.75, 3.05) is 13.6 Å². The van der Waals surface area contributed by atoms with Crippen LogP contribution in [0.4, 0.5) is 4.79 Å². The number of benzene rings is 1. The fraction of sp³-hybridized carbons (Fsp3) is 0.500. The second kappa shape index (κ2) is 6.61. The van der Waals surface area contributed by atoms with Crippen LogP contribution in [0.3, 0.4) is 0 Å². The minimum atomic E-state index is -0.910. The zero-order chi connectivity index (χ0) is 15.4. The van der Waals surface area contributed by atoms with Crippen LogP contribution in [0.25, 0.3) is 0 Å². The maximum atomic E-state index is 12.5. The molecule has 1 aliphatic rings. The molecule has 1 fully saturated rings. The first-order valence-corrected chi connectivity index (χ1v) is 7.29. The number of carboxylic acids is 1. The Kier molecular flexibility index (Phi) is 4.83. The number of amides is 2. The number of hydrogen-bond acceptors (Lipinski definition) is 2. The summed E-state index contributed by atoms with van der Waals surface area (Å²) < 4.78 is 0. The van der Waals surface area contributed by atoms with Crippen molar-refractivity contribution in [2.45, 2.75) is 38.8 Å². The molecular weight excluding hydrogens is 268 g/mol. The van der Waals surface area contributed by atoms with E-state index in [1.165, 1.54) is 4.90 Å². The number of likely N-dealkylation sites (tertiary alicyclic amines) is 1. The standard InChI is InChI=1S/C16H22N2O3/c1-12-6-5-7-13(10-12)11-17(2)16(21)18-9-4-3-8-14(18)15(19)20/h5-7,10,14H,3-4,8-9,11H2,1-2H3,(H,19,20). The maximum Gasteiger partial charge on any atom is 0.326 e.